The molecule has 242 valence electrons. The van der Waals surface area contributed by atoms with Crippen LogP contribution in [0.25, 0.3) is 66.1 Å². The van der Waals surface area contributed by atoms with E-state index in [1.54, 1.807) is 0 Å². The molecule has 1 heterocycles. The lowest BCUT2D eigenvalue weighted by molar-refractivity contribution is 0.660. The summed E-state index contributed by atoms with van der Waals surface area (Å²) >= 11 is 0. The average Bonchev–Trinajstić information content (AvgIpc) is 3.67. The number of anilines is 3. The molecule has 51 heavy (non-hydrogen) atoms. The summed E-state index contributed by atoms with van der Waals surface area (Å²) in [7, 11) is 0. The van der Waals surface area contributed by atoms with Crippen LogP contribution in [0.3, 0.4) is 0 Å². The van der Waals surface area contributed by atoms with Crippen molar-refractivity contribution in [1.82, 2.24) is 0 Å². The van der Waals surface area contributed by atoms with Gasteiger partial charge < -0.3 is 9.32 Å². The Morgan fingerprint density at radius 3 is 2.02 bits per heavy atom. The van der Waals surface area contributed by atoms with Crippen molar-refractivity contribution in [2.24, 2.45) is 0 Å². The van der Waals surface area contributed by atoms with Crippen LogP contribution in [-0.2, 0) is 5.41 Å². The van der Waals surface area contributed by atoms with Gasteiger partial charge in [-0.3, -0.25) is 0 Å². The normalized spacial score (nSPS) is 13.1. The second-order valence-electron chi connectivity index (χ2n) is 14.1. The number of fused-ring (bicyclic) bond motifs is 7. The third-order valence-electron chi connectivity index (χ3n) is 10.9. The smallest absolute Gasteiger partial charge is 0.137 e. The molecule has 0 fully saturated rings. The minimum absolute atomic E-state index is 0.117. The predicted molar refractivity (Wildman–Crippen MR) is 214 cm³/mol. The van der Waals surface area contributed by atoms with Crippen molar-refractivity contribution in [3.63, 3.8) is 0 Å². The average molecular weight is 654 g/mol. The van der Waals surface area contributed by atoms with Gasteiger partial charge in [0.2, 0.25) is 0 Å². The number of para-hydroxylation sites is 1. The first-order valence-electron chi connectivity index (χ1n) is 17.7. The Morgan fingerprint density at radius 2 is 1.12 bits per heavy atom. The molecule has 1 aromatic heterocycles. The summed E-state index contributed by atoms with van der Waals surface area (Å²) < 4.78 is 6.47. The van der Waals surface area contributed by atoms with Crippen molar-refractivity contribution in [2.45, 2.75) is 19.3 Å². The molecule has 9 aromatic rings. The molecule has 0 spiro atoms. The van der Waals surface area contributed by atoms with E-state index in [0.717, 1.165) is 39.0 Å². The number of rotatable bonds is 5. The summed E-state index contributed by atoms with van der Waals surface area (Å²) in [5.41, 5.74) is 15.1. The maximum absolute atomic E-state index is 6.47. The number of nitrogens with zero attached hydrogens (tertiary/aromatic N) is 1. The first-order valence-corrected chi connectivity index (χ1v) is 17.7. The van der Waals surface area contributed by atoms with Crippen LogP contribution in [0.2, 0.25) is 0 Å². The molecule has 10 rings (SSSR count). The van der Waals surface area contributed by atoms with Gasteiger partial charge >= 0.3 is 0 Å². The van der Waals surface area contributed by atoms with Gasteiger partial charge in [0.15, 0.2) is 0 Å². The van der Waals surface area contributed by atoms with E-state index in [2.05, 4.69) is 183 Å². The molecule has 0 saturated heterocycles. The molecule has 0 amide bonds. The van der Waals surface area contributed by atoms with Gasteiger partial charge in [-0.1, -0.05) is 147 Å². The van der Waals surface area contributed by atoms with Gasteiger partial charge in [-0.05, 0) is 86.1 Å². The summed E-state index contributed by atoms with van der Waals surface area (Å²) in [4.78, 5) is 2.43. The first-order chi connectivity index (χ1) is 25.1. The van der Waals surface area contributed by atoms with E-state index >= 15 is 0 Å². The Morgan fingerprint density at radius 1 is 0.431 bits per heavy atom. The highest BCUT2D eigenvalue weighted by atomic mass is 16.3. The highest BCUT2D eigenvalue weighted by molar-refractivity contribution is 6.07. The zero-order chi connectivity index (χ0) is 34.1. The highest BCUT2D eigenvalue weighted by Gasteiger charge is 2.37. The van der Waals surface area contributed by atoms with Crippen LogP contribution in [0, 0.1) is 0 Å². The van der Waals surface area contributed by atoms with Crippen molar-refractivity contribution >= 4 is 49.8 Å². The molecule has 1 aliphatic rings. The summed E-state index contributed by atoms with van der Waals surface area (Å²) in [5.74, 6) is 0. The van der Waals surface area contributed by atoms with E-state index in [1.807, 2.05) is 12.1 Å². The molecule has 1 aliphatic carbocycles. The maximum atomic E-state index is 6.47. The van der Waals surface area contributed by atoms with Gasteiger partial charge in [0.05, 0.1) is 5.69 Å². The van der Waals surface area contributed by atoms with E-state index in [9.17, 15) is 0 Å². The van der Waals surface area contributed by atoms with Crippen LogP contribution in [0.4, 0.5) is 17.1 Å². The third-order valence-corrected chi connectivity index (χ3v) is 10.9. The highest BCUT2D eigenvalue weighted by Crippen LogP contribution is 2.54. The SMILES string of the molecule is CC1(C)c2ccccc2-c2c(N(c3cccc(-c4ccc5ccccc5c4-c4ccccc4)c3)c3ccc4c(c3)oc3ccccc34)cccc21. The molecular weight excluding hydrogens is 619 g/mol. The van der Waals surface area contributed by atoms with Crippen molar-refractivity contribution < 1.29 is 4.42 Å². The molecule has 0 unspecified atom stereocenters. The lowest BCUT2D eigenvalue weighted by atomic mass is 9.82. The Labute approximate surface area is 297 Å². The molecule has 8 aromatic carbocycles. The second-order valence-corrected chi connectivity index (χ2v) is 14.1. The summed E-state index contributed by atoms with van der Waals surface area (Å²) in [6.07, 6.45) is 0. The van der Waals surface area contributed by atoms with E-state index in [0.29, 0.717) is 0 Å². The van der Waals surface area contributed by atoms with Gasteiger partial charge in [0.25, 0.3) is 0 Å². The largest absolute Gasteiger partial charge is 0.456 e. The van der Waals surface area contributed by atoms with Crippen LogP contribution in [0.5, 0.6) is 0 Å². The van der Waals surface area contributed by atoms with E-state index in [-0.39, 0.29) is 5.41 Å². The lowest BCUT2D eigenvalue weighted by Gasteiger charge is -2.29. The van der Waals surface area contributed by atoms with Crippen molar-refractivity contribution in [3.8, 4) is 33.4 Å². The second kappa shape index (κ2) is 11.3. The van der Waals surface area contributed by atoms with Crippen LogP contribution in [-0.4, -0.2) is 0 Å². The van der Waals surface area contributed by atoms with Gasteiger partial charge in [-0.15, -0.1) is 0 Å². The number of hydrogen-bond acceptors (Lipinski definition) is 2. The molecule has 0 atom stereocenters. The van der Waals surface area contributed by atoms with Crippen molar-refractivity contribution in [3.05, 3.63) is 187 Å². The zero-order valence-electron chi connectivity index (χ0n) is 28.6. The van der Waals surface area contributed by atoms with E-state index in [1.165, 1.54) is 55.3 Å². The molecule has 0 bridgehead atoms. The Kier molecular flexibility index (Phi) is 6.56. The van der Waals surface area contributed by atoms with Gasteiger partial charge in [0.1, 0.15) is 11.2 Å². The van der Waals surface area contributed by atoms with E-state index < -0.39 is 0 Å². The summed E-state index contributed by atoms with van der Waals surface area (Å²) in [6.45, 7) is 4.69. The summed E-state index contributed by atoms with van der Waals surface area (Å²) in [5, 5.41) is 4.74. The standard InChI is InChI=1S/C49H35NO/c1-49(2)42-22-10-8-21-41(42)48-43(49)23-13-24-44(48)50(36-27-29-40-39-20-9-11-25-45(39)51-46(40)31-36)35-18-12-17-34(30-35)38-28-26-32-14-6-7-19-37(32)47(38)33-15-4-3-5-16-33/h3-31H,1-2H3. The molecular formula is C49H35NO. The van der Waals surface area contributed by atoms with Crippen LogP contribution < -0.4 is 4.90 Å². The van der Waals surface area contributed by atoms with Gasteiger partial charge in [0, 0.05) is 39.2 Å². The molecule has 0 N–H and O–H groups in total. The molecule has 0 saturated carbocycles. The topological polar surface area (TPSA) is 16.4 Å². The van der Waals surface area contributed by atoms with Crippen molar-refractivity contribution in [1.29, 1.82) is 0 Å². The van der Waals surface area contributed by atoms with Gasteiger partial charge in [-0.25, -0.2) is 0 Å². The molecule has 0 aliphatic heterocycles. The fraction of sp³-hybridized carbons (Fsp3) is 0.0612. The minimum atomic E-state index is -0.117. The van der Waals surface area contributed by atoms with Gasteiger partial charge in [-0.2, -0.15) is 0 Å². The quantitative estimate of drug-likeness (QED) is 0.184. The zero-order valence-corrected chi connectivity index (χ0v) is 28.6. The number of hydrogen-bond donors (Lipinski definition) is 0. The minimum Gasteiger partial charge on any atom is -0.456 e. The summed E-state index contributed by atoms with van der Waals surface area (Å²) in [6, 6.07) is 63.7. The monoisotopic (exact) mass is 653 g/mol. The Balaban J connectivity index is 1.23. The number of furan rings is 1. The molecule has 2 nitrogen and oxygen atoms in total. The first kappa shape index (κ1) is 29.5. The van der Waals surface area contributed by atoms with Crippen LogP contribution in [0.15, 0.2) is 180 Å². The van der Waals surface area contributed by atoms with E-state index in [4.69, 9.17) is 4.42 Å². The fourth-order valence-corrected chi connectivity index (χ4v) is 8.44. The van der Waals surface area contributed by atoms with Crippen molar-refractivity contribution in [2.75, 3.05) is 4.90 Å². The maximum Gasteiger partial charge on any atom is 0.137 e. The Hall–Kier alpha value is -6.38. The number of benzene rings is 8. The van der Waals surface area contributed by atoms with Crippen LogP contribution in [0.1, 0.15) is 25.0 Å². The molecule has 0 radical (unpaired) electrons. The van der Waals surface area contributed by atoms with Crippen LogP contribution >= 0.6 is 0 Å². The third kappa shape index (κ3) is 4.57. The fourth-order valence-electron chi connectivity index (χ4n) is 8.44. The Bertz CT molecular complexity index is 2790. The molecule has 2 heteroatoms. The predicted octanol–water partition coefficient (Wildman–Crippen LogP) is 13.8. The lowest BCUT2D eigenvalue weighted by Crippen LogP contribution is -2.16.